The van der Waals surface area contributed by atoms with Gasteiger partial charge >= 0.3 is 0 Å². The highest BCUT2D eigenvalue weighted by atomic mass is 79.9. The van der Waals surface area contributed by atoms with Gasteiger partial charge in [-0.05, 0) is 34.1 Å². The minimum absolute atomic E-state index is 0.134. The number of hydrogen-bond donors (Lipinski definition) is 3. The van der Waals surface area contributed by atoms with E-state index in [-0.39, 0.29) is 4.90 Å². The molecule has 102 valence electrons. The number of rotatable bonds is 5. The van der Waals surface area contributed by atoms with Gasteiger partial charge in [-0.25, -0.2) is 21.9 Å². The van der Waals surface area contributed by atoms with Gasteiger partial charge in [-0.3, -0.25) is 0 Å². The molecule has 0 amide bonds. The maximum Gasteiger partial charge on any atom is 0.265 e. The molecule has 4 N–H and O–H groups in total. The number of aliphatic hydroxyl groups excluding tert-OH is 1. The molecule has 9 heteroatoms. The zero-order chi connectivity index (χ0) is 13.9. The Bertz CT molecular complexity index is 525. The second-order valence-electron chi connectivity index (χ2n) is 3.44. The molecular formula is C9H11BrF2N2O3S. The molecule has 18 heavy (non-hydrogen) atoms. The predicted octanol–water partition coefficient (Wildman–Crippen LogP) is 0.936. The summed E-state index contributed by atoms with van der Waals surface area (Å²) in [5.41, 5.74) is 5.84. The average Bonchev–Trinajstić information content (AvgIpc) is 2.29. The van der Waals surface area contributed by atoms with Gasteiger partial charge in [0, 0.05) is 16.7 Å². The van der Waals surface area contributed by atoms with Crippen molar-refractivity contribution in [2.24, 2.45) is 0 Å². The van der Waals surface area contributed by atoms with Crippen LogP contribution in [0.15, 0.2) is 27.6 Å². The van der Waals surface area contributed by atoms with E-state index in [9.17, 15) is 17.2 Å². The van der Waals surface area contributed by atoms with Gasteiger partial charge in [0.2, 0.25) is 10.0 Å². The summed E-state index contributed by atoms with van der Waals surface area (Å²) in [7, 11) is -3.96. The van der Waals surface area contributed by atoms with Gasteiger partial charge in [0.05, 0.1) is 4.90 Å². The lowest BCUT2D eigenvalue weighted by molar-refractivity contribution is -0.000451. The number of anilines is 1. The zero-order valence-electron chi connectivity index (χ0n) is 8.98. The monoisotopic (exact) mass is 344 g/mol. The van der Waals surface area contributed by atoms with E-state index < -0.39 is 29.1 Å². The summed E-state index contributed by atoms with van der Waals surface area (Å²) in [6.07, 6.45) is -5.05. The lowest BCUT2D eigenvalue weighted by Crippen LogP contribution is -2.35. The van der Waals surface area contributed by atoms with Gasteiger partial charge in [0.25, 0.3) is 6.43 Å². The van der Waals surface area contributed by atoms with Crippen molar-refractivity contribution < 1.29 is 22.3 Å². The van der Waals surface area contributed by atoms with Crippen LogP contribution in [0.4, 0.5) is 14.5 Å². The van der Waals surface area contributed by atoms with E-state index in [1.54, 1.807) is 0 Å². The molecule has 1 aromatic rings. The van der Waals surface area contributed by atoms with Crippen molar-refractivity contribution in [3.63, 3.8) is 0 Å². The number of sulfonamides is 1. The smallest absolute Gasteiger partial charge is 0.265 e. The summed E-state index contributed by atoms with van der Waals surface area (Å²) in [4.78, 5) is -0.134. The molecule has 0 spiro atoms. The Morgan fingerprint density at radius 2 is 2.06 bits per heavy atom. The zero-order valence-corrected chi connectivity index (χ0v) is 11.4. The predicted molar refractivity (Wildman–Crippen MR) is 65.8 cm³/mol. The maximum absolute atomic E-state index is 12.0. The lowest BCUT2D eigenvalue weighted by Gasteiger charge is -2.11. The highest BCUT2D eigenvalue weighted by molar-refractivity contribution is 9.10. The summed E-state index contributed by atoms with van der Waals surface area (Å²) in [6.45, 7) is -0.762. The van der Waals surface area contributed by atoms with Crippen LogP contribution in [-0.4, -0.2) is 32.6 Å². The highest BCUT2D eigenvalue weighted by Gasteiger charge is 2.21. The molecule has 0 aliphatic carbocycles. The summed E-state index contributed by atoms with van der Waals surface area (Å²) < 4.78 is 49.7. The Kier molecular flexibility index (Phi) is 5.02. The van der Waals surface area contributed by atoms with E-state index in [4.69, 9.17) is 10.8 Å². The number of benzene rings is 1. The van der Waals surface area contributed by atoms with Crippen LogP contribution in [0.1, 0.15) is 0 Å². The standard InChI is InChI=1S/C9H11BrF2N2O3S/c10-6-3-5(1-2-7(6)13)18(16,17)14-4-8(15)9(11)12/h1-3,8-9,14-15H,4,13H2. The van der Waals surface area contributed by atoms with Crippen LogP contribution in [0.25, 0.3) is 0 Å². The first-order chi connectivity index (χ1) is 8.24. The largest absolute Gasteiger partial charge is 0.398 e. The average molecular weight is 345 g/mol. The Labute approximate surface area is 111 Å². The van der Waals surface area contributed by atoms with Crippen LogP contribution in [0.3, 0.4) is 0 Å². The van der Waals surface area contributed by atoms with Crippen molar-refractivity contribution in [2.75, 3.05) is 12.3 Å². The quantitative estimate of drug-likeness (QED) is 0.693. The first-order valence-electron chi connectivity index (χ1n) is 4.75. The molecule has 0 saturated heterocycles. The first kappa shape index (κ1) is 15.3. The molecule has 5 nitrogen and oxygen atoms in total. The molecular weight excluding hydrogens is 334 g/mol. The fraction of sp³-hybridized carbons (Fsp3) is 0.333. The molecule has 1 atom stereocenters. The minimum Gasteiger partial charge on any atom is -0.398 e. The molecule has 0 bridgehead atoms. The van der Waals surface area contributed by atoms with Crippen molar-refractivity contribution in [1.82, 2.24) is 4.72 Å². The van der Waals surface area contributed by atoms with Crippen molar-refractivity contribution in [3.8, 4) is 0 Å². The number of halogens is 3. The Morgan fingerprint density at radius 1 is 1.44 bits per heavy atom. The molecule has 1 unspecified atom stereocenters. The first-order valence-corrected chi connectivity index (χ1v) is 7.02. The Morgan fingerprint density at radius 3 is 2.56 bits per heavy atom. The molecule has 0 aliphatic heterocycles. The number of aliphatic hydroxyl groups is 1. The van der Waals surface area contributed by atoms with Crippen LogP contribution in [0.5, 0.6) is 0 Å². The summed E-state index contributed by atoms with van der Waals surface area (Å²) in [6, 6.07) is 3.84. The van der Waals surface area contributed by atoms with Crippen LogP contribution < -0.4 is 10.5 Å². The Hall–Kier alpha value is -0.770. The number of alkyl halides is 2. The summed E-state index contributed by atoms with van der Waals surface area (Å²) >= 11 is 3.06. The lowest BCUT2D eigenvalue weighted by atomic mass is 10.3. The van der Waals surface area contributed by atoms with E-state index in [0.29, 0.717) is 10.2 Å². The van der Waals surface area contributed by atoms with Gasteiger partial charge in [0.15, 0.2) is 0 Å². The molecule has 0 heterocycles. The van der Waals surface area contributed by atoms with E-state index >= 15 is 0 Å². The number of hydrogen-bond acceptors (Lipinski definition) is 4. The molecule has 0 saturated carbocycles. The molecule has 0 fully saturated rings. The van der Waals surface area contributed by atoms with Crippen LogP contribution >= 0.6 is 15.9 Å². The highest BCUT2D eigenvalue weighted by Crippen LogP contribution is 2.22. The third kappa shape index (κ3) is 3.87. The maximum atomic E-state index is 12.0. The van der Waals surface area contributed by atoms with Gasteiger partial charge in [-0.15, -0.1) is 0 Å². The van der Waals surface area contributed by atoms with Crippen molar-refractivity contribution in [2.45, 2.75) is 17.4 Å². The fourth-order valence-electron chi connectivity index (χ4n) is 1.04. The molecule has 0 radical (unpaired) electrons. The van der Waals surface area contributed by atoms with Gasteiger partial charge in [0.1, 0.15) is 6.10 Å². The number of nitrogens with one attached hydrogen (secondary N) is 1. The number of nitrogen functional groups attached to an aromatic ring is 1. The second kappa shape index (κ2) is 5.91. The number of nitrogens with two attached hydrogens (primary N) is 1. The normalized spacial score (nSPS) is 13.8. The molecule has 1 aromatic carbocycles. The van der Waals surface area contributed by atoms with Gasteiger partial charge < -0.3 is 10.8 Å². The van der Waals surface area contributed by atoms with E-state index in [0.717, 1.165) is 0 Å². The van der Waals surface area contributed by atoms with E-state index in [1.165, 1.54) is 18.2 Å². The molecule has 0 aromatic heterocycles. The third-order valence-corrected chi connectivity index (χ3v) is 4.16. The molecule has 0 aliphatic rings. The minimum atomic E-state index is -3.96. The van der Waals surface area contributed by atoms with Gasteiger partial charge in [-0.2, -0.15) is 0 Å². The van der Waals surface area contributed by atoms with Crippen molar-refractivity contribution >= 4 is 31.6 Å². The van der Waals surface area contributed by atoms with E-state index in [2.05, 4.69) is 15.9 Å². The summed E-state index contributed by atoms with van der Waals surface area (Å²) in [5, 5.41) is 8.83. The third-order valence-electron chi connectivity index (χ3n) is 2.06. The van der Waals surface area contributed by atoms with Crippen LogP contribution in [0, 0.1) is 0 Å². The molecule has 1 rings (SSSR count). The van der Waals surface area contributed by atoms with Crippen LogP contribution in [0.2, 0.25) is 0 Å². The van der Waals surface area contributed by atoms with Crippen molar-refractivity contribution in [3.05, 3.63) is 22.7 Å². The fourth-order valence-corrected chi connectivity index (χ4v) is 2.65. The van der Waals surface area contributed by atoms with Gasteiger partial charge in [-0.1, -0.05) is 0 Å². The summed E-state index contributed by atoms with van der Waals surface area (Å²) in [5.74, 6) is 0. The topological polar surface area (TPSA) is 92.4 Å². The van der Waals surface area contributed by atoms with Crippen LogP contribution in [-0.2, 0) is 10.0 Å². The second-order valence-corrected chi connectivity index (χ2v) is 6.06. The SMILES string of the molecule is Nc1ccc(S(=O)(=O)NCC(O)C(F)F)cc1Br. The Balaban J connectivity index is 2.83. The van der Waals surface area contributed by atoms with Crippen molar-refractivity contribution in [1.29, 1.82) is 0 Å². The van der Waals surface area contributed by atoms with E-state index in [1.807, 2.05) is 4.72 Å².